The average molecular weight is 244 g/mol. The van der Waals surface area contributed by atoms with E-state index < -0.39 is 0 Å². The first-order valence-corrected chi connectivity index (χ1v) is 6.01. The normalized spacial score (nSPS) is 10.3. The molecule has 1 amide bonds. The maximum atomic E-state index is 11.9. The summed E-state index contributed by atoms with van der Waals surface area (Å²) >= 11 is 0. The Kier molecular flexibility index (Phi) is 3.77. The van der Waals surface area contributed by atoms with Gasteiger partial charge in [-0.3, -0.25) is 4.79 Å². The van der Waals surface area contributed by atoms with Crippen molar-refractivity contribution in [2.24, 2.45) is 0 Å². The molecule has 4 heteroatoms. The Labute approximate surface area is 106 Å². The number of hydrogen-bond acceptors (Lipinski definition) is 3. The molecule has 94 valence electrons. The predicted molar refractivity (Wildman–Crippen MR) is 69.3 cm³/mol. The van der Waals surface area contributed by atoms with Crippen molar-refractivity contribution in [3.63, 3.8) is 0 Å². The highest BCUT2D eigenvalue weighted by Gasteiger charge is 2.17. The first-order chi connectivity index (χ1) is 8.72. The Bertz CT molecular complexity index is 529. The second-order valence-electron chi connectivity index (χ2n) is 4.15. The molecular weight excluding hydrogens is 228 g/mol. The van der Waals surface area contributed by atoms with Crippen molar-refractivity contribution in [1.29, 1.82) is 0 Å². The van der Waals surface area contributed by atoms with Gasteiger partial charge in [-0.25, -0.2) is 4.98 Å². The van der Waals surface area contributed by atoms with Crippen molar-refractivity contribution < 1.29 is 9.21 Å². The molecule has 2 rings (SSSR count). The number of hydrogen-bond donors (Lipinski definition) is 1. The number of aryl methyl sites for hydroxylation is 1. The zero-order valence-corrected chi connectivity index (χ0v) is 10.6. The van der Waals surface area contributed by atoms with Gasteiger partial charge >= 0.3 is 0 Å². The minimum atomic E-state index is -0.193. The van der Waals surface area contributed by atoms with Gasteiger partial charge in [0.05, 0.1) is 0 Å². The fraction of sp³-hybridized carbons (Fsp3) is 0.286. The van der Waals surface area contributed by atoms with Gasteiger partial charge < -0.3 is 9.73 Å². The molecule has 0 radical (unpaired) electrons. The van der Waals surface area contributed by atoms with Crippen molar-refractivity contribution in [2.45, 2.75) is 20.3 Å². The Morgan fingerprint density at radius 1 is 1.33 bits per heavy atom. The van der Waals surface area contributed by atoms with Gasteiger partial charge in [0.25, 0.3) is 5.91 Å². The first-order valence-electron chi connectivity index (χ1n) is 6.01. The summed E-state index contributed by atoms with van der Waals surface area (Å²) in [6.07, 6.45) is 2.19. The predicted octanol–water partition coefficient (Wildman–Crippen LogP) is 2.79. The molecule has 0 fully saturated rings. The van der Waals surface area contributed by atoms with Crippen LogP contribution in [0.3, 0.4) is 0 Å². The van der Waals surface area contributed by atoms with Gasteiger partial charge in [-0.1, -0.05) is 36.8 Å². The van der Waals surface area contributed by atoms with Crippen molar-refractivity contribution in [3.8, 4) is 11.3 Å². The highest BCUT2D eigenvalue weighted by Crippen LogP contribution is 2.23. The SMILES string of the molecule is CCCNC(=O)c1ncoc1-c1ccc(C)cc1. The summed E-state index contributed by atoms with van der Waals surface area (Å²) in [7, 11) is 0. The molecule has 0 saturated heterocycles. The van der Waals surface area contributed by atoms with Crippen LogP contribution in [0.5, 0.6) is 0 Å². The largest absolute Gasteiger partial charge is 0.443 e. The lowest BCUT2D eigenvalue weighted by Crippen LogP contribution is -2.24. The average Bonchev–Trinajstić information content (AvgIpc) is 2.86. The van der Waals surface area contributed by atoms with E-state index in [1.165, 1.54) is 6.39 Å². The van der Waals surface area contributed by atoms with Gasteiger partial charge in [0.1, 0.15) is 0 Å². The minimum absolute atomic E-state index is 0.193. The van der Waals surface area contributed by atoms with Crippen LogP contribution in [0, 0.1) is 6.92 Å². The van der Waals surface area contributed by atoms with Crippen molar-refractivity contribution in [3.05, 3.63) is 41.9 Å². The van der Waals surface area contributed by atoms with Crippen LogP contribution in [0.15, 0.2) is 35.1 Å². The molecule has 0 spiro atoms. The van der Waals surface area contributed by atoms with E-state index in [1.54, 1.807) is 0 Å². The van der Waals surface area contributed by atoms with Crippen LogP contribution in [0.4, 0.5) is 0 Å². The Morgan fingerprint density at radius 2 is 2.06 bits per heavy atom. The van der Waals surface area contributed by atoms with E-state index in [0.29, 0.717) is 18.0 Å². The lowest BCUT2D eigenvalue weighted by atomic mass is 10.1. The number of nitrogens with one attached hydrogen (secondary N) is 1. The molecule has 2 aromatic rings. The monoisotopic (exact) mass is 244 g/mol. The van der Waals surface area contributed by atoms with E-state index in [9.17, 15) is 4.79 Å². The number of carbonyl (C=O) groups excluding carboxylic acids is 1. The maximum absolute atomic E-state index is 11.9. The minimum Gasteiger partial charge on any atom is -0.443 e. The molecule has 1 heterocycles. The molecule has 0 aliphatic heterocycles. The van der Waals surface area contributed by atoms with E-state index in [-0.39, 0.29) is 5.91 Å². The molecule has 4 nitrogen and oxygen atoms in total. The van der Waals surface area contributed by atoms with Gasteiger partial charge in [0.15, 0.2) is 17.8 Å². The number of rotatable bonds is 4. The highest BCUT2D eigenvalue weighted by atomic mass is 16.3. The van der Waals surface area contributed by atoms with Crippen LogP contribution in [-0.2, 0) is 0 Å². The molecule has 0 aliphatic carbocycles. The van der Waals surface area contributed by atoms with E-state index in [4.69, 9.17) is 4.42 Å². The summed E-state index contributed by atoms with van der Waals surface area (Å²) in [6, 6.07) is 7.80. The first kappa shape index (κ1) is 12.4. The zero-order valence-electron chi connectivity index (χ0n) is 10.6. The van der Waals surface area contributed by atoms with E-state index >= 15 is 0 Å². The summed E-state index contributed by atoms with van der Waals surface area (Å²) < 4.78 is 5.32. The van der Waals surface area contributed by atoms with Crippen LogP contribution < -0.4 is 5.32 Å². The molecule has 18 heavy (non-hydrogen) atoms. The molecule has 0 saturated carbocycles. The fourth-order valence-corrected chi connectivity index (χ4v) is 1.64. The summed E-state index contributed by atoms with van der Waals surface area (Å²) in [5.74, 6) is 0.324. The lowest BCUT2D eigenvalue weighted by Gasteiger charge is -2.03. The quantitative estimate of drug-likeness (QED) is 0.899. The number of nitrogens with zero attached hydrogens (tertiary/aromatic N) is 1. The number of carbonyl (C=O) groups is 1. The number of aromatic nitrogens is 1. The van der Waals surface area contributed by atoms with Crippen LogP contribution in [0.1, 0.15) is 29.4 Å². The molecule has 0 aliphatic rings. The topological polar surface area (TPSA) is 55.1 Å². The molecule has 0 atom stereocenters. The smallest absolute Gasteiger partial charge is 0.273 e. The highest BCUT2D eigenvalue weighted by molar-refractivity contribution is 5.97. The molecule has 0 unspecified atom stereocenters. The van der Waals surface area contributed by atoms with Crippen LogP contribution >= 0.6 is 0 Å². The number of benzene rings is 1. The second-order valence-corrected chi connectivity index (χ2v) is 4.15. The van der Waals surface area contributed by atoms with Gasteiger partial charge in [-0.2, -0.15) is 0 Å². The van der Waals surface area contributed by atoms with Gasteiger partial charge in [-0.05, 0) is 13.3 Å². The third-order valence-electron chi connectivity index (χ3n) is 2.63. The lowest BCUT2D eigenvalue weighted by molar-refractivity contribution is 0.0949. The summed E-state index contributed by atoms with van der Waals surface area (Å²) in [4.78, 5) is 15.9. The maximum Gasteiger partial charge on any atom is 0.273 e. The summed E-state index contributed by atoms with van der Waals surface area (Å²) in [5.41, 5.74) is 2.36. The zero-order chi connectivity index (χ0) is 13.0. The number of amides is 1. The van der Waals surface area contributed by atoms with E-state index in [1.807, 2.05) is 38.1 Å². The Balaban J connectivity index is 2.27. The number of oxazole rings is 1. The summed E-state index contributed by atoms with van der Waals surface area (Å²) in [6.45, 7) is 4.65. The second kappa shape index (κ2) is 5.49. The van der Waals surface area contributed by atoms with Crippen LogP contribution in [-0.4, -0.2) is 17.4 Å². The van der Waals surface area contributed by atoms with E-state index in [2.05, 4.69) is 10.3 Å². The molecule has 1 N–H and O–H groups in total. The van der Waals surface area contributed by atoms with E-state index in [0.717, 1.165) is 17.5 Å². The van der Waals surface area contributed by atoms with Gasteiger partial charge in [0, 0.05) is 12.1 Å². The third kappa shape index (κ3) is 2.59. The molecule has 0 bridgehead atoms. The van der Waals surface area contributed by atoms with Gasteiger partial charge in [-0.15, -0.1) is 0 Å². The standard InChI is InChI=1S/C14H16N2O2/c1-3-8-15-14(17)12-13(18-9-16-12)11-6-4-10(2)5-7-11/h4-7,9H,3,8H2,1-2H3,(H,15,17). The molecule has 1 aromatic carbocycles. The Hall–Kier alpha value is -2.10. The van der Waals surface area contributed by atoms with Crippen molar-refractivity contribution >= 4 is 5.91 Å². The Morgan fingerprint density at radius 3 is 2.72 bits per heavy atom. The summed E-state index contributed by atoms with van der Waals surface area (Å²) in [5, 5.41) is 2.79. The van der Waals surface area contributed by atoms with Gasteiger partial charge in [0.2, 0.25) is 0 Å². The van der Waals surface area contributed by atoms with Crippen LogP contribution in [0.25, 0.3) is 11.3 Å². The third-order valence-corrected chi connectivity index (χ3v) is 2.63. The van der Waals surface area contributed by atoms with Crippen molar-refractivity contribution in [2.75, 3.05) is 6.54 Å². The fourth-order valence-electron chi connectivity index (χ4n) is 1.64. The van der Waals surface area contributed by atoms with Crippen molar-refractivity contribution in [1.82, 2.24) is 10.3 Å². The van der Waals surface area contributed by atoms with Crippen LogP contribution in [0.2, 0.25) is 0 Å². The molecule has 1 aromatic heterocycles. The molecular formula is C14H16N2O2.